The van der Waals surface area contributed by atoms with Crippen molar-refractivity contribution < 1.29 is 0 Å². The van der Waals surface area contributed by atoms with Gasteiger partial charge in [0.05, 0.1) is 0 Å². The maximum atomic E-state index is 6.01. The highest BCUT2D eigenvalue weighted by Gasteiger charge is 2.05. The minimum atomic E-state index is 0.744. The van der Waals surface area contributed by atoms with Gasteiger partial charge in [-0.1, -0.05) is 15.9 Å². The number of nitrogens with two attached hydrogens (primary N) is 1. The van der Waals surface area contributed by atoms with Crippen LogP contribution in [0.1, 0.15) is 5.69 Å². The molecule has 100 valence electrons. The Morgan fingerprint density at radius 2 is 1.80 bits per heavy atom. The molecule has 0 spiro atoms. The van der Waals surface area contributed by atoms with Crippen LogP contribution in [0.4, 0.5) is 17.1 Å². The molecule has 0 aliphatic rings. The molecular weight excluding hydrogens is 314 g/mol. The second-order valence-corrected chi connectivity index (χ2v) is 5.62. The van der Waals surface area contributed by atoms with Gasteiger partial charge in [0.25, 0.3) is 0 Å². The van der Waals surface area contributed by atoms with Gasteiger partial charge >= 0.3 is 0 Å². The number of pyridine rings is 1. The number of aryl methyl sites for hydroxylation is 1. The van der Waals surface area contributed by atoms with E-state index in [9.17, 15) is 0 Å². The molecule has 2 aromatic carbocycles. The molecule has 3 rings (SSSR count). The molecule has 0 aliphatic heterocycles. The van der Waals surface area contributed by atoms with E-state index in [-0.39, 0.29) is 0 Å². The maximum Gasteiger partial charge on any atom is 0.0466 e. The number of hydrogen-bond donors (Lipinski definition) is 2. The van der Waals surface area contributed by atoms with E-state index >= 15 is 0 Å². The fraction of sp³-hybridized carbons (Fsp3) is 0.0625. The third-order valence-electron chi connectivity index (χ3n) is 3.19. The summed E-state index contributed by atoms with van der Waals surface area (Å²) < 4.78 is 1.06. The minimum Gasteiger partial charge on any atom is -0.398 e. The Labute approximate surface area is 126 Å². The molecule has 4 heteroatoms. The zero-order valence-electron chi connectivity index (χ0n) is 11.0. The predicted molar refractivity (Wildman–Crippen MR) is 88.3 cm³/mol. The second-order valence-electron chi connectivity index (χ2n) is 4.71. The lowest BCUT2D eigenvalue weighted by Crippen LogP contribution is -1.95. The molecule has 1 aromatic heterocycles. The van der Waals surface area contributed by atoms with Crippen molar-refractivity contribution in [2.75, 3.05) is 11.1 Å². The van der Waals surface area contributed by atoms with E-state index in [0.29, 0.717) is 0 Å². The molecule has 0 unspecified atom stereocenters. The van der Waals surface area contributed by atoms with E-state index < -0.39 is 0 Å². The van der Waals surface area contributed by atoms with Crippen LogP contribution in [0.2, 0.25) is 0 Å². The molecule has 0 saturated heterocycles. The highest BCUT2D eigenvalue weighted by atomic mass is 79.9. The van der Waals surface area contributed by atoms with Gasteiger partial charge < -0.3 is 11.1 Å². The normalized spacial score (nSPS) is 10.7. The van der Waals surface area contributed by atoms with Gasteiger partial charge in [-0.15, -0.1) is 0 Å². The van der Waals surface area contributed by atoms with Crippen LogP contribution >= 0.6 is 15.9 Å². The molecule has 0 fully saturated rings. The predicted octanol–water partition coefficient (Wildman–Crippen LogP) is 4.63. The largest absolute Gasteiger partial charge is 0.398 e. The Kier molecular flexibility index (Phi) is 3.32. The minimum absolute atomic E-state index is 0.744. The summed E-state index contributed by atoms with van der Waals surface area (Å²) >= 11 is 3.44. The van der Waals surface area contributed by atoms with E-state index in [1.807, 2.05) is 55.6 Å². The molecular formula is C16H14BrN3. The number of nitrogens with zero attached hydrogens (tertiary/aromatic N) is 1. The average molecular weight is 328 g/mol. The lowest BCUT2D eigenvalue weighted by atomic mass is 10.1. The highest BCUT2D eigenvalue weighted by molar-refractivity contribution is 9.10. The van der Waals surface area contributed by atoms with Gasteiger partial charge in [-0.05, 0) is 49.4 Å². The first-order chi connectivity index (χ1) is 9.63. The third kappa shape index (κ3) is 2.47. The fourth-order valence-electron chi connectivity index (χ4n) is 2.16. The van der Waals surface area contributed by atoms with E-state index in [2.05, 4.69) is 26.2 Å². The van der Waals surface area contributed by atoms with Crippen LogP contribution in [0, 0.1) is 6.92 Å². The van der Waals surface area contributed by atoms with Crippen molar-refractivity contribution in [3.63, 3.8) is 0 Å². The van der Waals surface area contributed by atoms with Crippen molar-refractivity contribution in [3.8, 4) is 0 Å². The van der Waals surface area contributed by atoms with Gasteiger partial charge in [-0.25, -0.2) is 0 Å². The summed E-state index contributed by atoms with van der Waals surface area (Å²) in [7, 11) is 0. The molecule has 3 aromatic rings. The van der Waals surface area contributed by atoms with E-state index in [4.69, 9.17) is 5.73 Å². The van der Waals surface area contributed by atoms with Gasteiger partial charge in [0.15, 0.2) is 0 Å². The molecule has 0 radical (unpaired) electrons. The molecule has 3 N–H and O–H groups in total. The van der Waals surface area contributed by atoms with Crippen molar-refractivity contribution in [3.05, 3.63) is 58.8 Å². The smallest absolute Gasteiger partial charge is 0.0466 e. The molecule has 20 heavy (non-hydrogen) atoms. The molecule has 3 nitrogen and oxygen atoms in total. The Hall–Kier alpha value is -2.07. The average Bonchev–Trinajstić information content (AvgIpc) is 2.44. The monoisotopic (exact) mass is 327 g/mol. The molecule has 0 atom stereocenters. The van der Waals surface area contributed by atoms with Crippen molar-refractivity contribution >= 4 is 43.8 Å². The van der Waals surface area contributed by atoms with Gasteiger partial charge in [0.1, 0.15) is 0 Å². The van der Waals surface area contributed by atoms with Crippen LogP contribution in [-0.4, -0.2) is 4.98 Å². The summed E-state index contributed by atoms with van der Waals surface area (Å²) in [6.45, 7) is 1.98. The number of hydrogen-bond acceptors (Lipinski definition) is 3. The summed E-state index contributed by atoms with van der Waals surface area (Å²) in [4.78, 5) is 4.31. The second kappa shape index (κ2) is 5.13. The summed E-state index contributed by atoms with van der Waals surface area (Å²) in [6, 6.07) is 14.0. The number of nitrogens with one attached hydrogen (secondary N) is 1. The number of anilines is 3. The molecule has 0 bridgehead atoms. The van der Waals surface area contributed by atoms with Gasteiger partial charge in [0.2, 0.25) is 0 Å². The van der Waals surface area contributed by atoms with Crippen LogP contribution in [0.15, 0.2) is 53.1 Å². The van der Waals surface area contributed by atoms with Crippen molar-refractivity contribution in [2.24, 2.45) is 0 Å². The lowest BCUT2D eigenvalue weighted by Gasteiger charge is -2.12. The Balaban J connectivity index is 2.09. The Morgan fingerprint density at radius 1 is 1.05 bits per heavy atom. The first kappa shape index (κ1) is 12.9. The van der Waals surface area contributed by atoms with Crippen LogP contribution in [0.5, 0.6) is 0 Å². The Bertz CT molecular complexity index is 767. The van der Waals surface area contributed by atoms with Gasteiger partial charge in [0, 0.05) is 44.2 Å². The molecule has 0 saturated carbocycles. The molecule has 0 aliphatic carbocycles. The quantitative estimate of drug-likeness (QED) is 0.674. The number of nitrogen functional groups attached to an aromatic ring is 1. The zero-order valence-corrected chi connectivity index (χ0v) is 12.6. The van der Waals surface area contributed by atoms with Crippen molar-refractivity contribution in [1.29, 1.82) is 0 Å². The lowest BCUT2D eigenvalue weighted by molar-refractivity contribution is 1.22. The summed E-state index contributed by atoms with van der Waals surface area (Å²) in [5.41, 5.74) is 9.80. The van der Waals surface area contributed by atoms with Gasteiger partial charge in [-0.2, -0.15) is 0 Å². The molecule has 1 heterocycles. The highest BCUT2D eigenvalue weighted by Crippen LogP contribution is 2.30. The number of halogens is 1. The number of rotatable bonds is 2. The van der Waals surface area contributed by atoms with E-state index in [1.54, 1.807) is 0 Å². The molecule has 0 amide bonds. The third-order valence-corrected chi connectivity index (χ3v) is 3.72. The van der Waals surface area contributed by atoms with Crippen molar-refractivity contribution in [1.82, 2.24) is 4.98 Å². The number of fused-ring (bicyclic) bond motifs is 1. The number of benzene rings is 2. The van der Waals surface area contributed by atoms with Gasteiger partial charge in [-0.3, -0.25) is 4.98 Å². The maximum absolute atomic E-state index is 6.01. The van der Waals surface area contributed by atoms with E-state index in [1.165, 1.54) is 0 Å². The van der Waals surface area contributed by atoms with Crippen LogP contribution < -0.4 is 11.1 Å². The standard InChI is InChI=1S/C16H14BrN3/c1-10-8-13-14(9-19-10)15(18)6-7-16(13)20-12-4-2-11(17)3-5-12/h2-9,20H,18H2,1H3. The topological polar surface area (TPSA) is 50.9 Å². The van der Waals surface area contributed by atoms with Crippen LogP contribution in [0.3, 0.4) is 0 Å². The van der Waals surface area contributed by atoms with Crippen LogP contribution in [-0.2, 0) is 0 Å². The van der Waals surface area contributed by atoms with E-state index in [0.717, 1.165) is 38.0 Å². The first-order valence-electron chi connectivity index (χ1n) is 6.31. The fourth-order valence-corrected chi connectivity index (χ4v) is 2.43. The van der Waals surface area contributed by atoms with Crippen LogP contribution in [0.25, 0.3) is 10.8 Å². The summed E-state index contributed by atoms with van der Waals surface area (Å²) in [5, 5.41) is 5.48. The summed E-state index contributed by atoms with van der Waals surface area (Å²) in [6.07, 6.45) is 1.83. The zero-order chi connectivity index (χ0) is 14.1. The van der Waals surface area contributed by atoms with Crippen molar-refractivity contribution in [2.45, 2.75) is 6.92 Å². The first-order valence-corrected chi connectivity index (χ1v) is 7.10. The summed E-state index contributed by atoms with van der Waals surface area (Å²) in [5.74, 6) is 0. The Morgan fingerprint density at radius 3 is 2.55 bits per heavy atom. The SMILES string of the molecule is Cc1cc2c(Nc3ccc(Br)cc3)ccc(N)c2cn1. The number of aromatic nitrogens is 1.